The molecule has 0 aliphatic carbocycles. The maximum atomic E-state index is 12.7. The van der Waals surface area contributed by atoms with E-state index in [0.717, 1.165) is 11.3 Å². The molecular formula is C19H15NO6S2. The molecule has 9 heteroatoms. The van der Waals surface area contributed by atoms with Gasteiger partial charge < -0.3 is 10.2 Å². The third-order valence-electron chi connectivity index (χ3n) is 3.97. The minimum absolute atomic E-state index is 0.0435. The lowest BCUT2D eigenvalue weighted by atomic mass is 10.1. The van der Waals surface area contributed by atoms with Crippen molar-refractivity contribution in [1.29, 1.82) is 0 Å². The van der Waals surface area contributed by atoms with Crippen LogP contribution in [-0.4, -0.2) is 30.6 Å². The van der Waals surface area contributed by atoms with Gasteiger partial charge in [-0.15, -0.1) is 11.3 Å². The zero-order chi connectivity index (χ0) is 20.5. The summed E-state index contributed by atoms with van der Waals surface area (Å²) in [7, 11) is -3.97. The Hall–Kier alpha value is -3.17. The number of sulfonamides is 1. The molecule has 0 unspecified atom stereocenters. The fourth-order valence-electron chi connectivity index (χ4n) is 2.60. The Labute approximate surface area is 165 Å². The first kappa shape index (κ1) is 19.6. The number of nitrogens with one attached hydrogen (secondary N) is 1. The molecule has 0 saturated heterocycles. The predicted octanol–water partition coefficient (Wildman–Crippen LogP) is 3.92. The smallest absolute Gasteiger partial charge is 0.348 e. The summed E-state index contributed by atoms with van der Waals surface area (Å²) in [4.78, 5) is 23.0. The molecule has 3 N–H and O–H groups in total. The molecule has 2 aromatic carbocycles. The van der Waals surface area contributed by atoms with Crippen LogP contribution in [0.5, 0.6) is 0 Å². The van der Waals surface area contributed by atoms with Crippen molar-refractivity contribution in [2.45, 2.75) is 11.8 Å². The highest BCUT2D eigenvalue weighted by molar-refractivity contribution is 7.92. The lowest BCUT2D eigenvalue weighted by Crippen LogP contribution is -2.15. The fraction of sp³-hybridized carbons (Fsp3) is 0.0526. The summed E-state index contributed by atoms with van der Waals surface area (Å²) in [5, 5.41) is 18.4. The molecule has 144 valence electrons. The molecule has 0 aliphatic rings. The third-order valence-corrected chi connectivity index (χ3v) is 6.67. The number of aryl methyl sites for hydroxylation is 1. The van der Waals surface area contributed by atoms with Crippen molar-refractivity contribution in [2.75, 3.05) is 4.72 Å². The number of anilines is 1. The van der Waals surface area contributed by atoms with Crippen molar-refractivity contribution >= 4 is 39.0 Å². The zero-order valence-electron chi connectivity index (χ0n) is 14.5. The van der Waals surface area contributed by atoms with Gasteiger partial charge in [0.2, 0.25) is 0 Å². The summed E-state index contributed by atoms with van der Waals surface area (Å²) in [5.74, 6) is -2.34. The first-order valence-corrected chi connectivity index (χ1v) is 10.3. The Kier molecular flexibility index (Phi) is 5.21. The van der Waals surface area contributed by atoms with Crippen molar-refractivity contribution in [3.8, 4) is 10.4 Å². The number of rotatable bonds is 6. The van der Waals surface area contributed by atoms with Gasteiger partial charge in [-0.1, -0.05) is 30.3 Å². The minimum atomic E-state index is -3.97. The van der Waals surface area contributed by atoms with Crippen molar-refractivity contribution < 1.29 is 28.2 Å². The number of carboxylic acid groups (broad SMARTS) is 2. The Balaban J connectivity index is 2.01. The van der Waals surface area contributed by atoms with E-state index in [9.17, 15) is 23.1 Å². The molecule has 3 aromatic rings. The molecular weight excluding hydrogens is 402 g/mol. The van der Waals surface area contributed by atoms with Crippen LogP contribution in [0, 0.1) is 6.92 Å². The summed E-state index contributed by atoms with van der Waals surface area (Å²) in [6, 6.07) is 13.7. The highest BCUT2D eigenvalue weighted by Crippen LogP contribution is 2.36. The summed E-state index contributed by atoms with van der Waals surface area (Å²) in [6.07, 6.45) is 0. The molecule has 0 fully saturated rings. The van der Waals surface area contributed by atoms with Gasteiger partial charge in [0, 0.05) is 4.88 Å². The van der Waals surface area contributed by atoms with Crippen LogP contribution in [0.15, 0.2) is 59.5 Å². The molecule has 1 heterocycles. The molecule has 0 saturated carbocycles. The number of benzene rings is 2. The number of carboxylic acids is 2. The quantitative estimate of drug-likeness (QED) is 0.559. The molecule has 0 bridgehead atoms. The summed E-state index contributed by atoms with van der Waals surface area (Å²) in [5.41, 5.74) is 1.17. The fourth-order valence-corrected chi connectivity index (χ4v) is 4.94. The molecule has 0 radical (unpaired) electrons. The minimum Gasteiger partial charge on any atom is -0.478 e. The Morgan fingerprint density at radius 2 is 1.61 bits per heavy atom. The Morgan fingerprint density at radius 3 is 2.18 bits per heavy atom. The molecule has 0 spiro atoms. The maximum Gasteiger partial charge on any atom is 0.348 e. The van der Waals surface area contributed by atoms with Gasteiger partial charge in [0.15, 0.2) is 0 Å². The van der Waals surface area contributed by atoms with Gasteiger partial charge in [-0.05, 0) is 42.3 Å². The number of thiophene rings is 1. The van der Waals surface area contributed by atoms with Gasteiger partial charge in [-0.25, -0.2) is 18.0 Å². The first-order chi connectivity index (χ1) is 13.2. The molecule has 7 nitrogen and oxygen atoms in total. The topological polar surface area (TPSA) is 121 Å². The second-order valence-corrected chi connectivity index (χ2v) is 8.62. The van der Waals surface area contributed by atoms with E-state index < -0.39 is 22.0 Å². The van der Waals surface area contributed by atoms with Crippen molar-refractivity contribution in [1.82, 2.24) is 0 Å². The lowest BCUT2D eigenvalue weighted by Gasteiger charge is -2.09. The summed E-state index contributed by atoms with van der Waals surface area (Å²) < 4.78 is 27.7. The van der Waals surface area contributed by atoms with Crippen molar-refractivity contribution in [3.05, 3.63) is 70.6 Å². The van der Waals surface area contributed by atoms with Crippen molar-refractivity contribution in [3.63, 3.8) is 0 Å². The van der Waals surface area contributed by atoms with Crippen LogP contribution in [0.2, 0.25) is 0 Å². The monoisotopic (exact) mass is 417 g/mol. The molecule has 0 aliphatic heterocycles. The van der Waals surface area contributed by atoms with Gasteiger partial charge in [0.1, 0.15) is 4.88 Å². The van der Waals surface area contributed by atoms with Gasteiger partial charge in [0.05, 0.1) is 16.1 Å². The van der Waals surface area contributed by atoms with Crippen LogP contribution in [0.1, 0.15) is 25.6 Å². The highest BCUT2D eigenvalue weighted by atomic mass is 32.2. The first-order valence-electron chi connectivity index (χ1n) is 7.98. The van der Waals surface area contributed by atoms with Crippen LogP contribution in [0.4, 0.5) is 5.69 Å². The van der Waals surface area contributed by atoms with Crippen LogP contribution in [0.25, 0.3) is 10.4 Å². The van der Waals surface area contributed by atoms with E-state index in [0.29, 0.717) is 16.0 Å². The highest BCUT2D eigenvalue weighted by Gasteiger charge is 2.23. The van der Waals surface area contributed by atoms with Gasteiger partial charge in [0.25, 0.3) is 10.0 Å². The van der Waals surface area contributed by atoms with E-state index in [1.54, 1.807) is 37.3 Å². The number of aromatic carboxylic acids is 2. The summed E-state index contributed by atoms with van der Waals surface area (Å²) >= 11 is 0.901. The van der Waals surface area contributed by atoms with Gasteiger partial charge >= 0.3 is 11.9 Å². The third kappa shape index (κ3) is 3.90. The second kappa shape index (κ2) is 7.45. The van der Waals surface area contributed by atoms with Crippen molar-refractivity contribution in [2.24, 2.45) is 0 Å². The SMILES string of the molecule is Cc1ccccc1S(=O)(=O)Nc1cc(-c2ccc(C(=O)O)cc2)sc1C(=O)O. The maximum absolute atomic E-state index is 12.7. The van der Waals surface area contributed by atoms with Crippen LogP contribution >= 0.6 is 11.3 Å². The Bertz CT molecular complexity index is 1160. The predicted molar refractivity (Wildman–Crippen MR) is 106 cm³/mol. The molecule has 1 aromatic heterocycles. The van der Waals surface area contributed by atoms with E-state index in [2.05, 4.69) is 4.72 Å². The van der Waals surface area contributed by atoms with Crippen LogP contribution in [0.3, 0.4) is 0 Å². The molecule has 0 atom stereocenters. The van der Waals surface area contributed by atoms with Gasteiger partial charge in [-0.3, -0.25) is 4.72 Å². The molecule has 0 amide bonds. The summed E-state index contributed by atoms with van der Waals surface area (Å²) in [6.45, 7) is 1.65. The van der Waals surface area contributed by atoms with Crippen LogP contribution < -0.4 is 4.72 Å². The normalized spacial score (nSPS) is 11.2. The lowest BCUT2D eigenvalue weighted by molar-refractivity contribution is 0.0688. The van der Waals surface area contributed by atoms with E-state index in [1.807, 2.05) is 0 Å². The van der Waals surface area contributed by atoms with Crippen LogP contribution in [-0.2, 0) is 10.0 Å². The largest absolute Gasteiger partial charge is 0.478 e. The standard InChI is InChI=1S/C19H15NO6S2/c1-11-4-2-3-5-16(11)28(25,26)20-14-10-15(27-17(14)19(23)24)12-6-8-13(9-7-12)18(21)22/h2-10,20H,1H3,(H,21,22)(H,23,24). The van der Waals surface area contributed by atoms with E-state index in [4.69, 9.17) is 5.11 Å². The average Bonchev–Trinajstić information content (AvgIpc) is 3.05. The van der Waals surface area contributed by atoms with E-state index >= 15 is 0 Å². The number of hydrogen-bond donors (Lipinski definition) is 3. The van der Waals surface area contributed by atoms with E-state index in [1.165, 1.54) is 24.3 Å². The molecule has 28 heavy (non-hydrogen) atoms. The van der Waals surface area contributed by atoms with Gasteiger partial charge in [-0.2, -0.15) is 0 Å². The van der Waals surface area contributed by atoms with E-state index in [-0.39, 0.29) is 21.0 Å². The number of carbonyl (C=O) groups is 2. The second-order valence-electron chi connectivity index (χ2n) is 5.91. The number of hydrogen-bond acceptors (Lipinski definition) is 5. The zero-order valence-corrected chi connectivity index (χ0v) is 16.2. The molecule has 3 rings (SSSR count). The Morgan fingerprint density at radius 1 is 0.964 bits per heavy atom. The average molecular weight is 417 g/mol.